The molecule has 16 heteroatoms. The molecular formula is C19H20N8O5S3. The number of anilines is 1. The van der Waals surface area contributed by atoms with E-state index in [4.69, 9.17) is 10.6 Å². The highest BCUT2D eigenvalue weighted by Crippen LogP contribution is 2.43. The van der Waals surface area contributed by atoms with E-state index in [1.165, 1.54) is 28.4 Å². The van der Waals surface area contributed by atoms with Gasteiger partial charge in [-0.15, -0.1) is 11.8 Å². The molecule has 2 unspecified atom stereocenters. The van der Waals surface area contributed by atoms with Gasteiger partial charge in [-0.25, -0.2) is 9.97 Å². The maximum atomic E-state index is 12.9. The fraction of sp³-hybridized carbons (Fsp3) is 0.368. The molecule has 4 heterocycles. The molecule has 0 bridgehead atoms. The number of β-lactam (4-membered cyclic amide) rings is 1. The molecule has 35 heavy (non-hydrogen) atoms. The molecule has 13 nitrogen and oxygen atoms in total. The van der Waals surface area contributed by atoms with Gasteiger partial charge in [-0.1, -0.05) is 23.0 Å². The summed E-state index contributed by atoms with van der Waals surface area (Å²) in [6, 6.07) is 0.835. The Bertz CT molecular complexity index is 1180. The van der Waals surface area contributed by atoms with Crippen LogP contribution < -0.4 is 11.1 Å². The van der Waals surface area contributed by atoms with Gasteiger partial charge in [-0.3, -0.25) is 14.4 Å². The first-order valence-corrected chi connectivity index (χ1v) is 12.9. The lowest BCUT2D eigenvalue weighted by atomic mass is 9.87. The molecule has 2 fully saturated rings. The number of carbonyl (C=O) groups excluding carboxylic acids is 2. The van der Waals surface area contributed by atoms with Crippen molar-refractivity contribution in [2.24, 2.45) is 10.6 Å². The van der Waals surface area contributed by atoms with E-state index in [0.717, 1.165) is 11.5 Å². The fourth-order valence-corrected chi connectivity index (χ4v) is 5.96. The predicted molar refractivity (Wildman–Crippen MR) is 129 cm³/mol. The lowest BCUT2D eigenvalue weighted by Gasteiger charge is -2.53. The third-order valence-corrected chi connectivity index (χ3v) is 7.86. The SMILES string of the molecule is CCON=C(C(=O)NC1C(=O)N2CC(C=CSc3ncccn3)(C(=O)O)CS[C@H]12)c1nsc(N)n1. The number of oxime groups is 1. The van der Waals surface area contributed by atoms with Crippen molar-refractivity contribution in [1.82, 2.24) is 29.5 Å². The van der Waals surface area contributed by atoms with E-state index in [2.05, 4.69) is 29.8 Å². The Labute approximate surface area is 211 Å². The second kappa shape index (κ2) is 10.6. The monoisotopic (exact) mass is 536 g/mol. The van der Waals surface area contributed by atoms with Gasteiger partial charge in [0.1, 0.15) is 23.4 Å². The standard InChI is InChI=1S/C19H20N8O5S3/c1-2-32-25-10(12-24-17(20)35-26-12)13(28)23-11-14(29)27-8-19(16(30)31,9-34-15(11)27)4-7-33-18-21-5-3-6-22-18/h3-7,11,15H,2,8-9H2,1H3,(H,23,28)(H,30,31)(H2,20,24,26)/t11?,15-,19?/m1/s1. The highest BCUT2D eigenvalue weighted by Gasteiger charge is 2.57. The first kappa shape index (κ1) is 24.9. The minimum Gasteiger partial charge on any atom is -0.481 e. The van der Waals surface area contributed by atoms with E-state index in [-0.39, 0.29) is 35.6 Å². The molecule has 4 rings (SSSR count). The molecule has 4 N–H and O–H groups in total. The molecule has 2 amide bonds. The maximum Gasteiger partial charge on any atom is 0.316 e. The molecular weight excluding hydrogens is 516 g/mol. The van der Waals surface area contributed by atoms with Crippen molar-refractivity contribution in [2.45, 2.75) is 23.5 Å². The number of carboxylic acids is 1. The summed E-state index contributed by atoms with van der Waals surface area (Å²) in [6.45, 7) is 1.88. The molecule has 0 aromatic carbocycles. The van der Waals surface area contributed by atoms with Gasteiger partial charge in [0.05, 0.1) is 0 Å². The van der Waals surface area contributed by atoms with Crippen LogP contribution in [-0.2, 0) is 19.2 Å². The third kappa shape index (κ3) is 5.23. The van der Waals surface area contributed by atoms with Gasteiger partial charge in [0.15, 0.2) is 10.3 Å². The van der Waals surface area contributed by atoms with Gasteiger partial charge in [0.25, 0.3) is 5.91 Å². The number of nitrogens with zero attached hydrogens (tertiary/aromatic N) is 6. The Morgan fingerprint density at radius 1 is 1.46 bits per heavy atom. The molecule has 0 saturated carbocycles. The Balaban J connectivity index is 1.43. The van der Waals surface area contributed by atoms with Crippen molar-refractivity contribution in [3.63, 3.8) is 0 Å². The number of aromatic nitrogens is 4. The average molecular weight is 537 g/mol. The minimum absolute atomic E-state index is 0.00620. The largest absolute Gasteiger partial charge is 0.481 e. The minimum atomic E-state index is -1.28. The highest BCUT2D eigenvalue weighted by atomic mass is 32.2. The van der Waals surface area contributed by atoms with Crippen molar-refractivity contribution < 1.29 is 24.3 Å². The molecule has 2 aliphatic heterocycles. The summed E-state index contributed by atoms with van der Waals surface area (Å²) in [5.41, 5.74) is 4.12. The van der Waals surface area contributed by atoms with Crippen molar-refractivity contribution >= 4 is 63.7 Å². The van der Waals surface area contributed by atoms with E-state index < -0.39 is 34.6 Å². The lowest BCUT2D eigenvalue weighted by molar-refractivity contribution is -0.156. The summed E-state index contributed by atoms with van der Waals surface area (Å²) < 4.78 is 3.98. The molecule has 2 saturated heterocycles. The maximum absolute atomic E-state index is 12.9. The van der Waals surface area contributed by atoms with E-state index in [1.54, 1.807) is 36.9 Å². The molecule has 0 spiro atoms. The van der Waals surface area contributed by atoms with Gasteiger partial charge in [-0.2, -0.15) is 9.36 Å². The third-order valence-electron chi connectivity index (χ3n) is 5.07. The van der Waals surface area contributed by atoms with Crippen LogP contribution in [0.15, 0.2) is 40.3 Å². The van der Waals surface area contributed by atoms with Gasteiger partial charge < -0.3 is 25.9 Å². The molecule has 2 aromatic heterocycles. The van der Waals surface area contributed by atoms with Crippen LogP contribution in [0.1, 0.15) is 12.7 Å². The fourth-order valence-electron chi connectivity index (χ4n) is 3.32. The van der Waals surface area contributed by atoms with E-state index >= 15 is 0 Å². The topological polar surface area (TPSA) is 186 Å². The molecule has 0 radical (unpaired) electrons. The summed E-state index contributed by atoms with van der Waals surface area (Å²) in [5.74, 6) is -1.93. The van der Waals surface area contributed by atoms with Gasteiger partial charge in [0.2, 0.25) is 17.4 Å². The summed E-state index contributed by atoms with van der Waals surface area (Å²) in [4.78, 5) is 56.4. The Kier molecular flexibility index (Phi) is 7.51. The number of nitrogens with one attached hydrogen (secondary N) is 1. The zero-order chi connectivity index (χ0) is 25.0. The Morgan fingerprint density at radius 3 is 2.89 bits per heavy atom. The highest BCUT2D eigenvalue weighted by molar-refractivity contribution is 8.02. The lowest BCUT2D eigenvalue weighted by Crippen LogP contribution is -2.73. The van der Waals surface area contributed by atoms with Crippen LogP contribution in [0.25, 0.3) is 0 Å². The van der Waals surface area contributed by atoms with Crippen molar-refractivity contribution in [3.05, 3.63) is 35.8 Å². The number of hydrogen-bond donors (Lipinski definition) is 3. The number of amides is 2. The van der Waals surface area contributed by atoms with Crippen molar-refractivity contribution in [1.29, 1.82) is 0 Å². The average Bonchev–Trinajstić information content (AvgIpc) is 3.29. The van der Waals surface area contributed by atoms with Crippen LogP contribution in [0.4, 0.5) is 5.13 Å². The summed E-state index contributed by atoms with van der Waals surface area (Å²) in [5, 5.41) is 18.2. The normalized spacial score (nSPS) is 24.1. The second-order valence-corrected chi connectivity index (χ2v) is 10.1. The van der Waals surface area contributed by atoms with Gasteiger partial charge in [-0.05, 0) is 18.4 Å². The summed E-state index contributed by atoms with van der Waals surface area (Å²) in [7, 11) is 0. The van der Waals surface area contributed by atoms with Crippen LogP contribution in [0, 0.1) is 5.41 Å². The molecule has 3 atom stereocenters. The van der Waals surface area contributed by atoms with Crippen LogP contribution in [0.3, 0.4) is 0 Å². The van der Waals surface area contributed by atoms with Crippen LogP contribution in [-0.4, -0.2) is 83.1 Å². The summed E-state index contributed by atoms with van der Waals surface area (Å²) >= 11 is 3.36. The van der Waals surface area contributed by atoms with Gasteiger partial charge >= 0.3 is 5.97 Å². The van der Waals surface area contributed by atoms with Crippen LogP contribution in [0.5, 0.6) is 0 Å². The van der Waals surface area contributed by atoms with Crippen molar-refractivity contribution in [2.75, 3.05) is 24.6 Å². The molecule has 2 aromatic rings. The number of nitrogens with two attached hydrogens (primary N) is 1. The second-order valence-electron chi connectivity index (χ2n) is 7.35. The number of nitrogen functional groups attached to an aromatic ring is 1. The number of thioether (sulfide) groups is 2. The van der Waals surface area contributed by atoms with Crippen LogP contribution in [0.2, 0.25) is 0 Å². The molecule has 184 valence electrons. The zero-order valence-electron chi connectivity index (χ0n) is 18.2. The summed E-state index contributed by atoms with van der Waals surface area (Å²) in [6.07, 6.45) is 4.74. The van der Waals surface area contributed by atoms with E-state index in [1.807, 2.05) is 0 Å². The van der Waals surface area contributed by atoms with E-state index in [0.29, 0.717) is 5.16 Å². The first-order valence-electron chi connectivity index (χ1n) is 10.2. The van der Waals surface area contributed by atoms with Crippen molar-refractivity contribution in [3.8, 4) is 0 Å². The number of carbonyl (C=O) groups is 3. The van der Waals surface area contributed by atoms with Crippen LogP contribution >= 0.6 is 35.1 Å². The number of fused-ring (bicyclic) bond motifs is 1. The van der Waals surface area contributed by atoms with Gasteiger partial charge in [0, 0.05) is 36.2 Å². The molecule has 2 aliphatic rings. The molecule has 0 aliphatic carbocycles. The number of rotatable bonds is 9. The number of aliphatic carboxylic acids is 1. The predicted octanol–water partition coefficient (Wildman–Crippen LogP) is 0.428. The Morgan fingerprint density at radius 2 is 2.23 bits per heavy atom. The Hall–Kier alpha value is -3.24. The smallest absolute Gasteiger partial charge is 0.316 e. The number of hydrogen-bond acceptors (Lipinski definition) is 13. The van der Waals surface area contributed by atoms with E-state index in [9.17, 15) is 19.5 Å². The number of carboxylic acid groups (broad SMARTS) is 1. The zero-order valence-corrected chi connectivity index (χ0v) is 20.7. The first-order chi connectivity index (χ1) is 16.8. The quantitative estimate of drug-likeness (QED) is 0.132.